The molecule has 6 nitrogen and oxygen atoms in total. The number of benzene rings is 1. The molecule has 0 saturated carbocycles. The Morgan fingerprint density at radius 3 is 2.63 bits per heavy atom. The summed E-state index contributed by atoms with van der Waals surface area (Å²) in [4.78, 5) is 17.1. The number of hydrogen-bond donors (Lipinski definition) is 0. The summed E-state index contributed by atoms with van der Waals surface area (Å²) in [6.07, 6.45) is 6.06. The number of carbonyl (C=O) groups is 1. The van der Waals surface area contributed by atoms with Crippen LogP contribution in [0.5, 0.6) is 0 Å². The van der Waals surface area contributed by atoms with Crippen LogP contribution in [0.15, 0.2) is 76.8 Å². The summed E-state index contributed by atoms with van der Waals surface area (Å²) in [5, 5.41) is 9.10. The third kappa shape index (κ3) is 4.36. The molecular weight excluding hydrogens is 396 g/mol. The van der Waals surface area contributed by atoms with Crippen LogP contribution in [-0.4, -0.2) is 30.8 Å². The molecule has 0 radical (unpaired) electrons. The highest BCUT2D eigenvalue weighted by Gasteiger charge is 2.22. The molecule has 30 heavy (non-hydrogen) atoms. The SMILES string of the molecule is CCc1ccc(C(=O)[C@H](C)Sc2nnc(-c3cccnc3)n2Cc2ccco2)cc1. The molecule has 0 aliphatic carbocycles. The van der Waals surface area contributed by atoms with Crippen LogP contribution in [0.3, 0.4) is 0 Å². The van der Waals surface area contributed by atoms with E-state index in [2.05, 4.69) is 22.1 Å². The molecule has 1 atom stereocenters. The maximum atomic E-state index is 12.9. The van der Waals surface area contributed by atoms with Crippen molar-refractivity contribution in [3.05, 3.63) is 84.1 Å². The van der Waals surface area contributed by atoms with E-state index < -0.39 is 0 Å². The number of aromatic nitrogens is 4. The summed E-state index contributed by atoms with van der Waals surface area (Å²) in [7, 11) is 0. The zero-order valence-electron chi connectivity index (χ0n) is 16.9. The van der Waals surface area contributed by atoms with Gasteiger partial charge in [0.05, 0.1) is 18.1 Å². The predicted molar refractivity (Wildman–Crippen MR) is 117 cm³/mol. The lowest BCUT2D eigenvalue weighted by Crippen LogP contribution is -2.15. The van der Waals surface area contributed by atoms with Gasteiger partial charge in [0.25, 0.3) is 0 Å². The molecule has 4 aromatic rings. The van der Waals surface area contributed by atoms with Gasteiger partial charge in [-0.15, -0.1) is 10.2 Å². The number of carbonyl (C=O) groups excluding carboxylic acids is 1. The van der Waals surface area contributed by atoms with Gasteiger partial charge in [0.15, 0.2) is 16.8 Å². The Morgan fingerprint density at radius 2 is 1.97 bits per heavy atom. The van der Waals surface area contributed by atoms with E-state index in [-0.39, 0.29) is 11.0 Å². The van der Waals surface area contributed by atoms with E-state index in [1.807, 2.05) is 60.0 Å². The summed E-state index contributed by atoms with van der Waals surface area (Å²) in [6.45, 7) is 4.47. The standard InChI is InChI=1S/C23H22N4O2S/c1-3-17-8-10-18(11-9-17)21(28)16(2)30-23-26-25-22(19-6-4-12-24-14-19)27(23)15-20-7-5-13-29-20/h4-14,16H,3,15H2,1-2H3/t16-/m0/s1. The van der Waals surface area contributed by atoms with E-state index in [1.165, 1.54) is 17.3 Å². The maximum absolute atomic E-state index is 12.9. The fraction of sp³-hybridized carbons (Fsp3) is 0.217. The van der Waals surface area contributed by atoms with Crippen LogP contribution in [0, 0.1) is 0 Å². The summed E-state index contributed by atoms with van der Waals surface area (Å²) in [5.41, 5.74) is 2.78. The van der Waals surface area contributed by atoms with E-state index in [9.17, 15) is 4.79 Å². The Morgan fingerprint density at radius 1 is 1.13 bits per heavy atom. The van der Waals surface area contributed by atoms with Crippen molar-refractivity contribution in [2.75, 3.05) is 0 Å². The molecule has 7 heteroatoms. The van der Waals surface area contributed by atoms with Crippen molar-refractivity contribution >= 4 is 17.5 Å². The number of ketones is 1. The summed E-state index contributed by atoms with van der Waals surface area (Å²) in [6, 6.07) is 15.4. The van der Waals surface area contributed by atoms with Crippen LogP contribution in [0.4, 0.5) is 0 Å². The van der Waals surface area contributed by atoms with Crippen molar-refractivity contribution in [1.29, 1.82) is 0 Å². The molecular formula is C23H22N4O2S. The van der Waals surface area contributed by atoms with Crippen molar-refractivity contribution < 1.29 is 9.21 Å². The number of hydrogen-bond acceptors (Lipinski definition) is 6. The van der Waals surface area contributed by atoms with Crippen LogP contribution in [0.2, 0.25) is 0 Å². The first-order chi connectivity index (χ1) is 14.7. The second kappa shape index (κ2) is 9.09. The molecule has 0 unspecified atom stereocenters. The fourth-order valence-corrected chi connectivity index (χ4v) is 4.06. The molecule has 1 aromatic carbocycles. The first-order valence-corrected chi connectivity index (χ1v) is 10.7. The molecule has 0 bridgehead atoms. The van der Waals surface area contributed by atoms with Gasteiger partial charge in [-0.05, 0) is 43.2 Å². The van der Waals surface area contributed by atoms with Gasteiger partial charge in [-0.3, -0.25) is 14.3 Å². The number of pyridine rings is 1. The molecule has 3 heterocycles. The molecule has 0 fully saturated rings. The van der Waals surface area contributed by atoms with Gasteiger partial charge in [-0.1, -0.05) is 43.0 Å². The lowest BCUT2D eigenvalue weighted by atomic mass is 10.1. The number of furan rings is 1. The Labute approximate surface area is 179 Å². The first kappa shape index (κ1) is 20.1. The lowest BCUT2D eigenvalue weighted by Gasteiger charge is -2.12. The molecule has 0 amide bonds. The summed E-state index contributed by atoms with van der Waals surface area (Å²) < 4.78 is 7.49. The lowest BCUT2D eigenvalue weighted by molar-refractivity contribution is 0.0994. The monoisotopic (exact) mass is 418 g/mol. The van der Waals surface area contributed by atoms with Crippen molar-refractivity contribution in [2.24, 2.45) is 0 Å². The van der Waals surface area contributed by atoms with Gasteiger partial charge < -0.3 is 4.42 Å². The van der Waals surface area contributed by atoms with Gasteiger partial charge in [-0.25, -0.2) is 0 Å². The van der Waals surface area contributed by atoms with Gasteiger partial charge in [-0.2, -0.15) is 0 Å². The van der Waals surface area contributed by atoms with Gasteiger partial charge in [0.2, 0.25) is 0 Å². The van der Waals surface area contributed by atoms with Crippen LogP contribution in [0.25, 0.3) is 11.4 Å². The van der Waals surface area contributed by atoms with E-state index >= 15 is 0 Å². The molecule has 0 spiro atoms. The van der Waals surface area contributed by atoms with Crippen molar-refractivity contribution in [3.63, 3.8) is 0 Å². The molecule has 3 aromatic heterocycles. The third-order valence-corrected chi connectivity index (χ3v) is 5.91. The van der Waals surface area contributed by atoms with Crippen LogP contribution < -0.4 is 0 Å². The molecule has 152 valence electrons. The quantitative estimate of drug-likeness (QED) is 0.299. The largest absolute Gasteiger partial charge is 0.467 e. The fourth-order valence-electron chi connectivity index (χ4n) is 3.14. The minimum absolute atomic E-state index is 0.0677. The average molecular weight is 419 g/mol. The van der Waals surface area contributed by atoms with Gasteiger partial charge in [0, 0.05) is 23.5 Å². The molecule has 0 N–H and O–H groups in total. The highest BCUT2D eigenvalue weighted by molar-refractivity contribution is 8.00. The molecule has 4 rings (SSSR count). The summed E-state index contributed by atoms with van der Waals surface area (Å²) in [5.74, 6) is 1.54. The highest BCUT2D eigenvalue weighted by atomic mass is 32.2. The maximum Gasteiger partial charge on any atom is 0.192 e. The zero-order valence-corrected chi connectivity index (χ0v) is 17.7. The normalized spacial score (nSPS) is 12.1. The second-order valence-electron chi connectivity index (χ2n) is 6.89. The van der Waals surface area contributed by atoms with Crippen molar-refractivity contribution in [3.8, 4) is 11.4 Å². The van der Waals surface area contributed by atoms with Crippen molar-refractivity contribution in [2.45, 2.75) is 37.2 Å². The van der Waals surface area contributed by atoms with Crippen molar-refractivity contribution in [1.82, 2.24) is 19.7 Å². The zero-order chi connectivity index (χ0) is 20.9. The van der Waals surface area contributed by atoms with Gasteiger partial charge in [0.1, 0.15) is 5.76 Å². The Kier molecular flexibility index (Phi) is 6.09. The Hall–Kier alpha value is -3.19. The van der Waals surface area contributed by atoms with Crippen LogP contribution in [0.1, 0.15) is 35.5 Å². The molecule has 0 aliphatic heterocycles. The minimum Gasteiger partial charge on any atom is -0.467 e. The Bertz CT molecular complexity index is 1110. The highest BCUT2D eigenvalue weighted by Crippen LogP contribution is 2.29. The number of thioether (sulfide) groups is 1. The van der Waals surface area contributed by atoms with E-state index in [0.717, 1.165) is 17.7 Å². The van der Waals surface area contributed by atoms with E-state index in [1.54, 1.807) is 18.7 Å². The number of Topliss-reactive ketones (excluding diaryl/α,β-unsaturated/α-hetero) is 1. The number of rotatable bonds is 8. The van der Waals surface area contributed by atoms with Crippen LogP contribution >= 0.6 is 11.8 Å². The minimum atomic E-state index is -0.307. The molecule has 0 aliphatic rings. The van der Waals surface area contributed by atoms with Gasteiger partial charge >= 0.3 is 0 Å². The van der Waals surface area contributed by atoms with E-state index in [4.69, 9.17) is 4.42 Å². The first-order valence-electron chi connectivity index (χ1n) is 9.81. The smallest absolute Gasteiger partial charge is 0.192 e. The Balaban J connectivity index is 1.61. The summed E-state index contributed by atoms with van der Waals surface area (Å²) >= 11 is 1.40. The number of nitrogens with zero attached hydrogens (tertiary/aromatic N) is 4. The molecule has 0 saturated heterocycles. The predicted octanol–water partition coefficient (Wildman–Crippen LogP) is 4.91. The third-order valence-electron chi connectivity index (χ3n) is 4.83. The average Bonchev–Trinajstić information content (AvgIpc) is 3.44. The number of aryl methyl sites for hydroxylation is 1. The topological polar surface area (TPSA) is 73.8 Å². The van der Waals surface area contributed by atoms with Crippen LogP contribution in [-0.2, 0) is 13.0 Å². The van der Waals surface area contributed by atoms with E-state index in [0.29, 0.717) is 23.1 Å². The second-order valence-corrected chi connectivity index (χ2v) is 8.20.